The minimum absolute atomic E-state index is 0.0118. The Morgan fingerprint density at radius 1 is 1.00 bits per heavy atom. The summed E-state index contributed by atoms with van der Waals surface area (Å²) in [6.45, 7) is 10.3. The van der Waals surface area contributed by atoms with Gasteiger partial charge in [0.2, 0.25) is 0 Å². The summed E-state index contributed by atoms with van der Waals surface area (Å²) in [7, 11) is -2.02. The van der Waals surface area contributed by atoms with Crippen molar-refractivity contribution in [1.29, 1.82) is 0 Å². The predicted octanol–water partition coefficient (Wildman–Crippen LogP) is 4.95. The van der Waals surface area contributed by atoms with Gasteiger partial charge in [-0.05, 0) is 32.4 Å². The van der Waals surface area contributed by atoms with Crippen molar-refractivity contribution in [3.05, 3.63) is 35.4 Å². The van der Waals surface area contributed by atoms with Gasteiger partial charge in [-0.15, -0.1) is 0 Å². The van der Waals surface area contributed by atoms with Crippen LogP contribution < -0.4 is 0 Å². The zero-order chi connectivity index (χ0) is 16.8. The molecule has 1 fully saturated rings. The quantitative estimate of drug-likeness (QED) is 0.714. The smallest absolute Gasteiger partial charge is 0.346 e. The van der Waals surface area contributed by atoms with Crippen molar-refractivity contribution >= 4 is 8.07 Å². The Bertz CT molecular complexity index is 510. The van der Waals surface area contributed by atoms with E-state index >= 15 is 0 Å². The first-order chi connectivity index (χ1) is 9.96. The van der Waals surface area contributed by atoms with Gasteiger partial charge in [0.25, 0.3) is 0 Å². The first-order valence-electron chi connectivity index (χ1n) is 7.49. The van der Waals surface area contributed by atoms with E-state index in [1.807, 2.05) is 13.8 Å². The first kappa shape index (κ1) is 17.5. The van der Waals surface area contributed by atoms with Crippen molar-refractivity contribution in [3.63, 3.8) is 0 Å². The molecule has 0 N–H and O–H groups in total. The molecule has 2 rings (SSSR count). The Morgan fingerprint density at radius 3 is 1.82 bits per heavy atom. The third-order valence-corrected chi connectivity index (χ3v) is 6.48. The molecular weight excluding hydrogens is 309 g/mol. The third kappa shape index (κ3) is 3.24. The van der Waals surface area contributed by atoms with Crippen LogP contribution in [0.1, 0.15) is 31.4 Å². The SMILES string of the molecule is C[C@@H]1C[C@H](C)OC(c2ccc(C(F)(F)F)cc2)([Si](C)(C)C)O1. The lowest BCUT2D eigenvalue weighted by Gasteiger charge is -2.50. The fourth-order valence-corrected chi connectivity index (χ4v) is 5.10. The van der Waals surface area contributed by atoms with E-state index in [4.69, 9.17) is 9.47 Å². The molecule has 0 aromatic heterocycles. The number of halogens is 3. The summed E-state index contributed by atoms with van der Waals surface area (Å²) in [6, 6.07) is 5.19. The third-order valence-electron chi connectivity index (χ3n) is 3.98. The largest absolute Gasteiger partial charge is 0.416 e. The Labute approximate surface area is 130 Å². The molecule has 1 unspecified atom stereocenters. The van der Waals surface area contributed by atoms with Crippen LogP contribution in [0.4, 0.5) is 13.2 Å². The average Bonchev–Trinajstić information content (AvgIpc) is 2.35. The number of benzene rings is 1. The summed E-state index contributed by atoms with van der Waals surface area (Å²) in [5, 5.41) is 0. The number of rotatable bonds is 2. The number of alkyl halides is 3. The molecule has 0 bridgehead atoms. The van der Waals surface area contributed by atoms with E-state index in [9.17, 15) is 13.2 Å². The van der Waals surface area contributed by atoms with Crippen molar-refractivity contribution in [2.75, 3.05) is 0 Å². The van der Waals surface area contributed by atoms with Crippen LogP contribution in [0.5, 0.6) is 0 Å². The second-order valence-electron chi connectivity index (χ2n) is 7.03. The lowest BCUT2D eigenvalue weighted by Crippen LogP contribution is -2.59. The lowest BCUT2D eigenvalue weighted by molar-refractivity contribution is -0.278. The maximum absolute atomic E-state index is 12.8. The van der Waals surface area contributed by atoms with Crippen molar-refractivity contribution in [3.8, 4) is 0 Å². The lowest BCUT2D eigenvalue weighted by atomic mass is 10.1. The second kappa shape index (κ2) is 5.65. The van der Waals surface area contributed by atoms with E-state index in [-0.39, 0.29) is 12.2 Å². The van der Waals surface area contributed by atoms with Crippen molar-refractivity contribution < 1.29 is 22.6 Å². The summed E-state index contributed by atoms with van der Waals surface area (Å²) in [4.78, 5) is 0. The standard InChI is InChI=1S/C16H23F3O2Si/c1-11-10-12(2)21-16(20-11,22(3,4)5)14-8-6-13(7-9-14)15(17,18)19/h6-9,11-12H,10H2,1-5H3/t11-,12+,16?. The van der Waals surface area contributed by atoms with Crippen LogP contribution >= 0.6 is 0 Å². The summed E-state index contributed by atoms with van der Waals surface area (Å²) in [5.74, 6) is 0. The van der Waals surface area contributed by atoms with Gasteiger partial charge in [0.15, 0.2) is 5.41 Å². The van der Waals surface area contributed by atoms with Gasteiger partial charge in [-0.1, -0.05) is 31.8 Å². The fraction of sp³-hybridized carbons (Fsp3) is 0.625. The molecule has 1 aliphatic heterocycles. The normalized spacial score (nSPS) is 30.4. The molecule has 1 aromatic rings. The van der Waals surface area contributed by atoms with E-state index in [1.165, 1.54) is 12.1 Å². The Hall–Kier alpha value is -0.853. The molecule has 1 aliphatic rings. The molecular formula is C16H23F3O2Si. The van der Waals surface area contributed by atoms with Gasteiger partial charge in [-0.2, -0.15) is 13.2 Å². The molecule has 124 valence electrons. The highest BCUT2D eigenvalue weighted by Gasteiger charge is 2.52. The van der Waals surface area contributed by atoms with Crippen LogP contribution in [-0.2, 0) is 21.1 Å². The Balaban J connectivity index is 2.47. The van der Waals surface area contributed by atoms with Gasteiger partial charge in [0.05, 0.1) is 17.8 Å². The summed E-state index contributed by atoms with van der Waals surface area (Å²) >= 11 is 0. The average molecular weight is 332 g/mol. The highest BCUT2D eigenvalue weighted by Crippen LogP contribution is 2.43. The van der Waals surface area contributed by atoms with Gasteiger partial charge >= 0.3 is 6.18 Å². The van der Waals surface area contributed by atoms with Gasteiger partial charge < -0.3 is 9.47 Å². The van der Waals surface area contributed by atoms with Crippen molar-refractivity contribution in [2.24, 2.45) is 0 Å². The molecule has 0 spiro atoms. The van der Waals surface area contributed by atoms with Crippen LogP contribution in [0.3, 0.4) is 0 Å². The molecule has 3 atom stereocenters. The highest BCUT2D eigenvalue weighted by molar-refractivity contribution is 6.78. The minimum Gasteiger partial charge on any atom is -0.346 e. The predicted molar refractivity (Wildman–Crippen MR) is 82.2 cm³/mol. The highest BCUT2D eigenvalue weighted by atomic mass is 28.3. The van der Waals surface area contributed by atoms with Crippen LogP contribution in [0.15, 0.2) is 24.3 Å². The molecule has 2 nitrogen and oxygen atoms in total. The first-order valence-corrected chi connectivity index (χ1v) is 11.0. The van der Waals surface area contributed by atoms with Crippen LogP contribution in [0, 0.1) is 0 Å². The van der Waals surface area contributed by atoms with Gasteiger partial charge in [0.1, 0.15) is 8.07 Å². The molecule has 0 aliphatic carbocycles. The zero-order valence-corrected chi connectivity index (χ0v) is 14.6. The van der Waals surface area contributed by atoms with Crippen LogP contribution in [-0.4, -0.2) is 20.3 Å². The molecule has 1 aromatic carbocycles. The summed E-state index contributed by atoms with van der Waals surface area (Å²) < 4.78 is 50.6. The number of hydrogen-bond donors (Lipinski definition) is 0. The van der Waals surface area contributed by atoms with E-state index in [1.54, 1.807) is 0 Å². The number of ether oxygens (including phenoxy) is 2. The van der Waals surface area contributed by atoms with Crippen molar-refractivity contribution in [2.45, 2.75) is 63.7 Å². The maximum atomic E-state index is 12.8. The molecule has 6 heteroatoms. The molecule has 0 saturated carbocycles. The van der Waals surface area contributed by atoms with Crippen LogP contribution in [0.25, 0.3) is 0 Å². The van der Waals surface area contributed by atoms with Gasteiger partial charge in [-0.3, -0.25) is 0 Å². The topological polar surface area (TPSA) is 18.5 Å². The second-order valence-corrected chi connectivity index (χ2v) is 12.2. The molecule has 0 amide bonds. The number of hydrogen-bond acceptors (Lipinski definition) is 2. The zero-order valence-electron chi connectivity index (χ0n) is 13.6. The minimum atomic E-state index is -4.33. The Kier molecular flexibility index (Phi) is 4.50. The molecule has 1 saturated heterocycles. The molecule has 0 radical (unpaired) electrons. The molecule has 1 heterocycles. The van der Waals surface area contributed by atoms with Crippen LogP contribution in [0.2, 0.25) is 19.6 Å². The van der Waals surface area contributed by atoms with Gasteiger partial charge in [0, 0.05) is 5.56 Å². The van der Waals surface area contributed by atoms with E-state index in [0.717, 1.165) is 18.6 Å². The maximum Gasteiger partial charge on any atom is 0.416 e. The van der Waals surface area contributed by atoms with E-state index < -0.39 is 25.2 Å². The monoisotopic (exact) mass is 332 g/mol. The molecule has 22 heavy (non-hydrogen) atoms. The summed E-state index contributed by atoms with van der Waals surface area (Å²) in [5.41, 5.74) is -0.884. The van der Waals surface area contributed by atoms with E-state index in [0.29, 0.717) is 5.56 Å². The van der Waals surface area contributed by atoms with E-state index in [2.05, 4.69) is 19.6 Å². The summed E-state index contributed by atoms with van der Waals surface area (Å²) in [6.07, 6.45) is -3.53. The van der Waals surface area contributed by atoms with Crippen molar-refractivity contribution in [1.82, 2.24) is 0 Å². The fourth-order valence-electron chi connectivity index (χ4n) is 2.96. The van der Waals surface area contributed by atoms with Gasteiger partial charge in [-0.25, -0.2) is 0 Å². The Morgan fingerprint density at radius 2 is 1.45 bits per heavy atom.